The zero-order valence-electron chi connectivity index (χ0n) is 17.5. The van der Waals surface area contributed by atoms with Gasteiger partial charge in [0.05, 0.1) is 11.3 Å². The van der Waals surface area contributed by atoms with E-state index in [0.717, 1.165) is 26.0 Å². The minimum absolute atomic E-state index is 0. The van der Waals surface area contributed by atoms with Crippen LogP contribution in [-0.2, 0) is 24.9 Å². The third kappa shape index (κ3) is 6.14. The van der Waals surface area contributed by atoms with E-state index in [4.69, 9.17) is 9.52 Å². The summed E-state index contributed by atoms with van der Waals surface area (Å²) in [7, 11) is 3.90. The van der Waals surface area contributed by atoms with Gasteiger partial charge in [-0.2, -0.15) is 12.1 Å². The number of ketones is 1. The molecule has 31 heavy (non-hydrogen) atoms. The van der Waals surface area contributed by atoms with Crippen molar-refractivity contribution in [3.63, 3.8) is 0 Å². The van der Waals surface area contributed by atoms with Crippen molar-refractivity contribution in [2.24, 2.45) is 0 Å². The van der Waals surface area contributed by atoms with Crippen LogP contribution < -0.4 is 10.5 Å². The van der Waals surface area contributed by atoms with E-state index >= 15 is 0 Å². The van der Waals surface area contributed by atoms with Crippen LogP contribution in [0, 0.1) is 12.1 Å². The molecule has 0 unspecified atom stereocenters. The van der Waals surface area contributed by atoms with Gasteiger partial charge in [-0.3, -0.25) is 4.79 Å². The van der Waals surface area contributed by atoms with E-state index < -0.39 is 0 Å². The van der Waals surface area contributed by atoms with Gasteiger partial charge in [-0.05, 0) is 19.9 Å². The number of nitrogens with zero attached hydrogens (tertiary/aromatic N) is 1. The Morgan fingerprint density at radius 2 is 1.81 bits per heavy atom. The van der Waals surface area contributed by atoms with Crippen molar-refractivity contribution in [1.29, 1.82) is 0 Å². The molecule has 1 radical (unpaired) electrons. The molecule has 0 saturated heterocycles. The van der Waals surface area contributed by atoms with Crippen molar-refractivity contribution in [2.45, 2.75) is 13.8 Å². The van der Waals surface area contributed by atoms with E-state index in [9.17, 15) is 9.59 Å². The molecule has 0 aliphatic carbocycles. The molecule has 163 valence electrons. The van der Waals surface area contributed by atoms with E-state index in [0.29, 0.717) is 11.1 Å². The van der Waals surface area contributed by atoms with E-state index in [1.54, 1.807) is 0 Å². The van der Waals surface area contributed by atoms with Gasteiger partial charge in [0.2, 0.25) is 5.63 Å². The van der Waals surface area contributed by atoms with Gasteiger partial charge in [0.25, 0.3) is 0 Å². The molecule has 4 rings (SSSR count). The minimum Gasteiger partial charge on any atom is -0.512 e. The van der Waals surface area contributed by atoms with Gasteiger partial charge >= 0.3 is 0 Å². The monoisotopic (exact) mass is 612 g/mol. The van der Waals surface area contributed by atoms with Crippen LogP contribution in [0.1, 0.15) is 13.8 Å². The summed E-state index contributed by atoms with van der Waals surface area (Å²) in [5.41, 5.74) is 1.59. The number of fused-ring (bicyclic) bond motifs is 2. The molecule has 7 heteroatoms. The van der Waals surface area contributed by atoms with Gasteiger partial charge in [0, 0.05) is 46.0 Å². The molecule has 0 aliphatic rings. The number of carbonyl (C=O) groups excluding carboxylic acids is 1. The first-order valence-electron chi connectivity index (χ1n) is 9.21. The Hall–Kier alpha value is -2.73. The van der Waals surface area contributed by atoms with Crippen LogP contribution in [0.5, 0.6) is 0 Å². The summed E-state index contributed by atoms with van der Waals surface area (Å²) in [6.07, 6.45) is 1.17. The zero-order chi connectivity index (χ0) is 21.8. The van der Waals surface area contributed by atoms with Crippen LogP contribution in [0.4, 0.5) is 5.69 Å². The third-order valence-corrected chi connectivity index (χ3v) is 5.22. The van der Waals surface area contributed by atoms with Gasteiger partial charge in [0.15, 0.2) is 5.78 Å². The molecule has 0 atom stereocenters. The topological polar surface area (TPSA) is 70.8 Å². The van der Waals surface area contributed by atoms with Crippen molar-refractivity contribution >= 4 is 43.9 Å². The maximum atomic E-state index is 12.4. The van der Waals surface area contributed by atoms with Crippen LogP contribution in [-0.4, -0.2) is 25.0 Å². The largest absolute Gasteiger partial charge is 0.512 e. The SMILES string of the molecule is CC(=O)C=C(C)O.CN(C)c1ccc2[c-]c(-c3[c-]c4ccccc4s3)c(=O)oc2c1.[Ir]. The number of anilines is 1. The number of thiophene rings is 1. The Morgan fingerprint density at radius 1 is 1.10 bits per heavy atom. The molecule has 0 bridgehead atoms. The quantitative estimate of drug-likeness (QED) is 0.146. The van der Waals surface area contributed by atoms with Crippen molar-refractivity contribution in [3.05, 3.63) is 76.9 Å². The zero-order valence-corrected chi connectivity index (χ0v) is 20.7. The second kappa shape index (κ2) is 10.5. The summed E-state index contributed by atoms with van der Waals surface area (Å²) < 4.78 is 6.60. The van der Waals surface area contributed by atoms with Crippen molar-refractivity contribution in [2.75, 3.05) is 19.0 Å². The first kappa shape index (κ1) is 24.5. The summed E-state index contributed by atoms with van der Waals surface area (Å²) in [6, 6.07) is 20.2. The molecule has 4 aromatic rings. The van der Waals surface area contributed by atoms with Gasteiger partial charge in [-0.15, -0.1) is 28.5 Å². The number of rotatable bonds is 3. The number of aliphatic hydroxyl groups excluding tert-OH is 1. The van der Waals surface area contributed by atoms with Gasteiger partial charge < -0.3 is 19.2 Å². The molecule has 2 aromatic carbocycles. The van der Waals surface area contributed by atoms with Gasteiger partial charge in [-0.1, -0.05) is 33.8 Å². The Balaban J connectivity index is 0.000000373. The molecule has 2 aromatic heterocycles. The average Bonchev–Trinajstić information content (AvgIpc) is 3.10. The van der Waals surface area contributed by atoms with E-state index in [2.05, 4.69) is 12.1 Å². The molecule has 0 saturated carbocycles. The molecule has 0 spiro atoms. The maximum absolute atomic E-state index is 12.4. The van der Waals surface area contributed by atoms with Crippen molar-refractivity contribution in [3.8, 4) is 10.4 Å². The first-order valence-corrected chi connectivity index (χ1v) is 10.0. The number of aliphatic hydroxyl groups is 1. The van der Waals surface area contributed by atoms with E-state index in [1.165, 1.54) is 31.3 Å². The summed E-state index contributed by atoms with van der Waals surface area (Å²) in [5, 5.41) is 10.2. The molecule has 2 heterocycles. The number of benzene rings is 2. The molecule has 5 nitrogen and oxygen atoms in total. The second-order valence-electron chi connectivity index (χ2n) is 6.91. The summed E-state index contributed by atoms with van der Waals surface area (Å²) >= 11 is 1.53. The molecule has 0 amide bonds. The summed E-state index contributed by atoms with van der Waals surface area (Å²) in [6.45, 7) is 2.85. The van der Waals surface area contributed by atoms with E-state index in [1.807, 2.05) is 61.5 Å². The summed E-state index contributed by atoms with van der Waals surface area (Å²) in [4.78, 5) is 25.1. The molecular formula is C24H21IrNO4S-2. The third-order valence-electron chi connectivity index (χ3n) is 4.13. The average molecular weight is 612 g/mol. The predicted molar refractivity (Wildman–Crippen MR) is 122 cm³/mol. The molecule has 1 N–H and O–H groups in total. The van der Waals surface area contributed by atoms with Crippen LogP contribution in [0.15, 0.2) is 63.5 Å². The molecular weight excluding hydrogens is 591 g/mol. The number of allylic oxidation sites excluding steroid dienone is 2. The Morgan fingerprint density at radius 3 is 2.39 bits per heavy atom. The predicted octanol–water partition coefficient (Wildman–Crippen LogP) is 5.38. The van der Waals surface area contributed by atoms with Crippen LogP contribution in [0.2, 0.25) is 0 Å². The summed E-state index contributed by atoms with van der Waals surface area (Å²) in [5.74, 6) is -0.0625. The first-order chi connectivity index (χ1) is 14.2. The molecule has 0 fully saturated rings. The van der Waals surface area contributed by atoms with Crippen molar-refractivity contribution in [1.82, 2.24) is 0 Å². The van der Waals surface area contributed by atoms with Crippen molar-refractivity contribution < 1.29 is 34.4 Å². The second-order valence-corrected chi connectivity index (χ2v) is 7.97. The Labute approximate surface area is 198 Å². The Kier molecular flexibility index (Phi) is 8.34. The fourth-order valence-corrected chi connectivity index (χ4v) is 3.78. The Bertz CT molecular complexity index is 1270. The van der Waals surface area contributed by atoms with Gasteiger partial charge in [0.1, 0.15) is 0 Å². The maximum Gasteiger partial charge on any atom is 0.225 e. The normalized spacial score (nSPS) is 10.9. The molecule has 0 aliphatic heterocycles. The fraction of sp³-hybridized carbons (Fsp3) is 0.167. The van der Waals surface area contributed by atoms with Crippen LogP contribution >= 0.6 is 11.3 Å². The fourth-order valence-electron chi connectivity index (χ4n) is 2.79. The van der Waals surface area contributed by atoms with Crippen LogP contribution in [0.25, 0.3) is 31.5 Å². The number of carbonyl (C=O) groups is 1. The number of hydrogen-bond donors (Lipinski definition) is 1. The smallest absolute Gasteiger partial charge is 0.225 e. The standard InChI is InChI=1S/C19H13NO2S.C5H8O2.Ir/c1-20(2)14-8-7-12-9-15(19(21)22-16(12)11-14)18-10-13-5-3-4-6-17(13)23-18;1-4(6)3-5(2)7;/h3-8,11H,1-2H3;3,6H,1-2H3;/q-2;;. The van der Waals surface area contributed by atoms with Crippen LogP contribution in [0.3, 0.4) is 0 Å². The van der Waals surface area contributed by atoms with E-state index in [-0.39, 0.29) is 37.3 Å². The minimum atomic E-state index is -0.379. The number of hydrogen-bond acceptors (Lipinski definition) is 6. The van der Waals surface area contributed by atoms with Gasteiger partial charge in [-0.25, -0.2) is 11.3 Å².